The maximum absolute atomic E-state index is 9.55. The molecule has 0 radical (unpaired) electrons. The molecular weight excluding hydrogens is 244 g/mol. The topological polar surface area (TPSA) is 58.9 Å². The lowest BCUT2D eigenvalue weighted by Crippen LogP contribution is -2.33. The highest BCUT2D eigenvalue weighted by atomic mass is 16.5. The van der Waals surface area contributed by atoms with Crippen molar-refractivity contribution in [1.29, 1.82) is 0 Å². The molecule has 4 heteroatoms. The van der Waals surface area contributed by atoms with Crippen LogP contribution in [0, 0.1) is 11.8 Å². The van der Waals surface area contributed by atoms with E-state index in [1.807, 2.05) is 12.1 Å². The Morgan fingerprint density at radius 3 is 2.26 bits per heavy atom. The molecule has 0 unspecified atom stereocenters. The summed E-state index contributed by atoms with van der Waals surface area (Å²) in [6.45, 7) is 2.29. The second-order valence-electron chi connectivity index (χ2n) is 5.19. The van der Waals surface area contributed by atoms with Crippen molar-refractivity contribution >= 4 is 0 Å². The first kappa shape index (κ1) is 14.2. The first-order valence-electron chi connectivity index (χ1n) is 6.62. The average molecular weight is 266 g/mol. The number of aliphatic hydroxyl groups excluding tert-OH is 2. The number of rotatable bonds is 4. The molecule has 0 aromatic heterocycles. The van der Waals surface area contributed by atoms with Crippen LogP contribution >= 0.6 is 0 Å². The Morgan fingerprint density at radius 1 is 1.11 bits per heavy atom. The van der Waals surface area contributed by atoms with Gasteiger partial charge in [0, 0.05) is 13.2 Å². The van der Waals surface area contributed by atoms with E-state index < -0.39 is 0 Å². The van der Waals surface area contributed by atoms with Crippen LogP contribution in [0.2, 0.25) is 0 Å². The van der Waals surface area contributed by atoms with Crippen molar-refractivity contribution in [3.8, 4) is 11.5 Å². The van der Waals surface area contributed by atoms with Gasteiger partial charge in [0.05, 0.1) is 14.2 Å². The third-order valence-corrected chi connectivity index (χ3v) is 4.31. The van der Waals surface area contributed by atoms with Gasteiger partial charge in [-0.25, -0.2) is 0 Å². The van der Waals surface area contributed by atoms with Crippen molar-refractivity contribution in [2.24, 2.45) is 11.8 Å². The first-order valence-corrected chi connectivity index (χ1v) is 6.62. The van der Waals surface area contributed by atoms with Gasteiger partial charge in [-0.2, -0.15) is 0 Å². The lowest BCUT2D eigenvalue weighted by atomic mass is 9.70. The monoisotopic (exact) mass is 266 g/mol. The van der Waals surface area contributed by atoms with Crippen LogP contribution in [-0.4, -0.2) is 37.6 Å². The number of ether oxygens (including phenoxy) is 2. The molecule has 0 saturated heterocycles. The fourth-order valence-corrected chi connectivity index (χ4v) is 3.12. The van der Waals surface area contributed by atoms with Crippen LogP contribution in [0.1, 0.15) is 24.0 Å². The maximum Gasteiger partial charge on any atom is 0.161 e. The van der Waals surface area contributed by atoms with E-state index in [1.165, 1.54) is 11.1 Å². The third-order valence-electron chi connectivity index (χ3n) is 4.31. The Kier molecular flexibility index (Phi) is 4.32. The minimum atomic E-state index is 0.0931. The molecule has 0 fully saturated rings. The van der Waals surface area contributed by atoms with Crippen molar-refractivity contribution in [2.75, 3.05) is 27.4 Å². The van der Waals surface area contributed by atoms with Gasteiger partial charge < -0.3 is 19.7 Å². The van der Waals surface area contributed by atoms with Crippen LogP contribution < -0.4 is 9.47 Å². The van der Waals surface area contributed by atoms with Gasteiger partial charge in [-0.05, 0) is 47.4 Å². The second kappa shape index (κ2) is 5.80. The maximum atomic E-state index is 9.55. The molecule has 4 nitrogen and oxygen atoms in total. The Hall–Kier alpha value is -1.26. The standard InChI is InChI=1S/C15H22O4/c1-9-12-6-15(19-3)14(18-2)5-10(12)4-11(7-16)13(9)8-17/h5-6,9,11,13,16-17H,4,7-8H2,1-3H3/t9-,11-,13+/m0/s1. The summed E-state index contributed by atoms with van der Waals surface area (Å²) < 4.78 is 10.7. The summed E-state index contributed by atoms with van der Waals surface area (Å²) in [6.07, 6.45) is 0.766. The summed E-state index contributed by atoms with van der Waals surface area (Å²) in [6, 6.07) is 3.98. The molecule has 2 rings (SSSR count). The molecule has 3 atom stereocenters. The van der Waals surface area contributed by atoms with Crippen LogP contribution in [0.25, 0.3) is 0 Å². The lowest BCUT2D eigenvalue weighted by Gasteiger charge is -2.36. The van der Waals surface area contributed by atoms with Crippen molar-refractivity contribution in [3.63, 3.8) is 0 Å². The minimum absolute atomic E-state index is 0.0931. The fraction of sp³-hybridized carbons (Fsp3) is 0.600. The van der Waals surface area contributed by atoms with Gasteiger partial charge >= 0.3 is 0 Å². The Morgan fingerprint density at radius 2 is 1.74 bits per heavy atom. The second-order valence-corrected chi connectivity index (χ2v) is 5.19. The van der Waals surface area contributed by atoms with E-state index in [1.54, 1.807) is 14.2 Å². The van der Waals surface area contributed by atoms with Gasteiger partial charge in [-0.15, -0.1) is 0 Å². The third kappa shape index (κ3) is 2.42. The number of fused-ring (bicyclic) bond motifs is 1. The largest absolute Gasteiger partial charge is 0.493 e. The highest BCUT2D eigenvalue weighted by Gasteiger charge is 2.34. The van der Waals surface area contributed by atoms with E-state index in [0.29, 0.717) is 11.5 Å². The molecule has 0 spiro atoms. The summed E-state index contributed by atoms with van der Waals surface area (Å²) in [7, 11) is 3.24. The molecule has 1 aromatic rings. The van der Waals surface area contributed by atoms with Crippen LogP contribution in [0.5, 0.6) is 11.5 Å². The van der Waals surface area contributed by atoms with E-state index in [2.05, 4.69) is 6.92 Å². The number of benzene rings is 1. The molecule has 19 heavy (non-hydrogen) atoms. The summed E-state index contributed by atoms with van der Waals surface area (Å²) in [5, 5.41) is 19.0. The molecule has 2 N–H and O–H groups in total. The summed E-state index contributed by atoms with van der Waals surface area (Å²) >= 11 is 0. The van der Waals surface area contributed by atoms with Crippen LogP contribution in [-0.2, 0) is 6.42 Å². The zero-order valence-corrected chi connectivity index (χ0v) is 11.7. The van der Waals surface area contributed by atoms with Crippen molar-refractivity contribution in [1.82, 2.24) is 0 Å². The zero-order chi connectivity index (χ0) is 14.0. The van der Waals surface area contributed by atoms with E-state index in [0.717, 1.165) is 6.42 Å². The predicted octanol–water partition coefficient (Wildman–Crippen LogP) is 1.58. The molecule has 0 bridgehead atoms. The van der Waals surface area contributed by atoms with E-state index >= 15 is 0 Å². The molecule has 0 saturated carbocycles. The van der Waals surface area contributed by atoms with Gasteiger partial charge in [-0.3, -0.25) is 0 Å². The molecule has 0 heterocycles. The molecule has 0 aliphatic heterocycles. The Balaban J connectivity index is 2.46. The first-order chi connectivity index (χ1) is 9.15. The smallest absolute Gasteiger partial charge is 0.161 e. The zero-order valence-electron chi connectivity index (χ0n) is 11.7. The van der Waals surface area contributed by atoms with Crippen molar-refractivity contribution in [3.05, 3.63) is 23.3 Å². The van der Waals surface area contributed by atoms with Crippen LogP contribution in [0.15, 0.2) is 12.1 Å². The van der Waals surface area contributed by atoms with Gasteiger partial charge in [0.15, 0.2) is 11.5 Å². The van der Waals surface area contributed by atoms with Gasteiger partial charge in [0.25, 0.3) is 0 Å². The minimum Gasteiger partial charge on any atom is -0.493 e. The molecule has 1 aliphatic carbocycles. The summed E-state index contributed by atoms with van der Waals surface area (Å²) in [4.78, 5) is 0. The highest BCUT2D eigenvalue weighted by Crippen LogP contribution is 2.43. The van der Waals surface area contributed by atoms with Gasteiger partial charge in [0.2, 0.25) is 0 Å². The molecule has 106 valence electrons. The number of methoxy groups -OCH3 is 2. The number of aliphatic hydroxyl groups is 2. The van der Waals surface area contributed by atoms with Crippen molar-refractivity contribution < 1.29 is 19.7 Å². The summed E-state index contributed by atoms with van der Waals surface area (Å²) in [5.74, 6) is 1.83. The van der Waals surface area contributed by atoms with Crippen LogP contribution in [0.4, 0.5) is 0 Å². The molecule has 1 aromatic carbocycles. The number of hydrogen-bond acceptors (Lipinski definition) is 4. The average Bonchev–Trinajstić information content (AvgIpc) is 2.45. The van der Waals surface area contributed by atoms with E-state index in [4.69, 9.17) is 9.47 Å². The highest BCUT2D eigenvalue weighted by molar-refractivity contribution is 5.49. The predicted molar refractivity (Wildman–Crippen MR) is 72.8 cm³/mol. The molecule has 1 aliphatic rings. The number of hydrogen-bond donors (Lipinski definition) is 2. The molecular formula is C15H22O4. The normalized spacial score (nSPS) is 25.8. The van der Waals surface area contributed by atoms with Gasteiger partial charge in [-0.1, -0.05) is 6.92 Å². The molecule has 0 amide bonds. The summed E-state index contributed by atoms with van der Waals surface area (Å²) in [5.41, 5.74) is 2.36. The van der Waals surface area contributed by atoms with E-state index in [-0.39, 0.29) is 31.0 Å². The lowest BCUT2D eigenvalue weighted by molar-refractivity contribution is 0.0966. The van der Waals surface area contributed by atoms with Gasteiger partial charge in [0.1, 0.15) is 0 Å². The van der Waals surface area contributed by atoms with Crippen LogP contribution in [0.3, 0.4) is 0 Å². The Labute approximate surface area is 114 Å². The quantitative estimate of drug-likeness (QED) is 0.868. The Bertz CT molecular complexity index is 444. The van der Waals surface area contributed by atoms with E-state index in [9.17, 15) is 10.2 Å². The SMILES string of the molecule is COc1cc2c(cc1OC)[C@H](C)[C@@H](CO)[C@H](CO)C2. The fourth-order valence-electron chi connectivity index (χ4n) is 3.12. The van der Waals surface area contributed by atoms with Crippen molar-refractivity contribution in [2.45, 2.75) is 19.3 Å².